The molecule has 0 radical (unpaired) electrons. The lowest BCUT2D eigenvalue weighted by molar-refractivity contribution is -0.147. The van der Waals surface area contributed by atoms with Crippen molar-refractivity contribution in [1.29, 1.82) is 0 Å². The number of nitrogens with one attached hydrogen (secondary N) is 2. The van der Waals surface area contributed by atoms with E-state index in [4.69, 9.17) is 0 Å². The molecule has 3 N–H and O–H groups in total. The van der Waals surface area contributed by atoms with Crippen molar-refractivity contribution in [3.63, 3.8) is 0 Å². The summed E-state index contributed by atoms with van der Waals surface area (Å²) in [6, 6.07) is 12.5. The van der Waals surface area contributed by atoms with Crippen LogP contribution in [0, 0.1) is 0 Å². The molecule has 0 bridgehead atoms. The van der Waals surface area contributed by atoms with Gasteiger partial charge in [-0.25, -0.2) is 0 Å². The lowest BCUT2D eigenvalue weighted by Gasteiger charge is -2.33. The number of aliphatic hydroxyl groups excluding tert-OH is 1. The molecule has 1 aliphatic rings. The van der Waals surface area contributed by atoms with Crippen molar-refractivity contribution in [1.82, 2.24) is 20.5 Å². The van der Waals surface area contributed by atoms with E-state index < -0.39 is 34.7 Å². The Labute approximate surface area is 203 Å². The molecule has 1 saturated heterocycles. The van der Waals surface area contributed by atoms with Gasteiger partial charge in [-0.05, 0) is 38.0 Å². The van der Waals surface area contributed by atoms with Crippen LogP contribution in [-0.2, 0) is 16.0 Å². The van der Waals surface area contributed by atoms with E-state index in [9.17, 15) is 19.5 Å². The van der Waals surface area contributed by atoms with Gasteiger partial charge in [-0.15, -0.1) is 18.3 Å². The van der Waals surface area contributed by atoms with Crippen LogP contribution in [0.25, 0.3) is 0 Å². The van der Waals surface area contributed by atoms with E-state index in [2.05, 4.69) is 22.2 Å². The van der Waals surface area contributed by atoms with Gasteiger partial charge in [0.05, 0.1) is 11.9 Å². The third-order valence-corrected chi connectivity index (χ3v) is 7.02. The summed E-state index contributed by atoms with van der Waals surface area (Å²) < 4.78 is -0.549. The first-order chi connectivity index (χ1) is 16.2. The Morgan fingerprint density at radius 3 is 2.59 bits per heavy atom. The number of nitrogens with zero attached hydrogens (tertiary/aromatic N) is 2. The number of carbonyl (C=O) groups excluding carboxylic acids is 3. The summed E-state index contributed by atoms with van der Waals surface area (Å²) in [5, 5.41) is 16.7. The van der Waals surface area contributed by atoms with Gasteiger partial charge in [0.1, 0.15) is 11.7 Å². The van der Waals surface area contributed by atoms with Crippen LogP contribution in [0.5, 0.6) is 0 Å². The Morgan fingerprint density at radius 2 is 1.94 bits per heavy atom. The fourth-order valence-corrected chi connectivity index (χ4v) is 5.01. The molecule has 2 aromatic rings. The maximum absolute atomic E-state index is 13.5. The number of aromatic nitrogens is 1. The van der Waals surface area contributed by atoms with Crippen molar-refractivity contribution >= 4 is 29.5 Å². The van der Waals surface area contributed by atoms with Crippen LogP contribution in [0.4, 0.5) is 0 Å². The SMILES string of the molecule is C=CCNC(=O)[C@@H]1N(C(=O)[C@@H](O)[C@H](Cc2ccccc2)NC(=O)c2ccccn2)CSC1(C)C. The lowest BCUT2D eigenvalue weighted by Crippen LogP contribution is -2.58. The Hall–Kier alpha value is -3.17. The molecule has 1 aromatic heterocycles. The van der Waals surface area contributed by atoms with Gasteiger partial charge in [0.15, 0.2) is 6.10 Å². The number of benzene rings is 1. The zero-order chi connectivity index (χ0) is 24.7. The van der Waals surface area contributed by atoms with E-state index in [1.807, 2.05) is 44.2 Å². The molecule has 0 unspecified atom stereocenters. The molecule has 1 fully saturated rings. The highest BCUT2D eigenvalue weighted by atomic mass is 32.2. The molecule has 0 aliphatic carbocycles. The molecule has 34 heavy (non-hydrogen) atoms. The highest BCUT2D eigenvalue weighted by Gasteiger charge is 2.49. The number of carbonyl (C=O) groups is 3. The van der Waals surface area contributed by atoms with Crippen molar-refractivity contribution in [2.75, 3.05) is 12.4 Å². The Balaban J connectivity index is 1.84. The number of aliphatic hydroxyl groups is 1. The zero-order valence-electron chi connectivity index (χ0n) is 19.3. The molecule has 0 spiro atoms. The molecule has 8 nitrogen and oxygen atoms in total. The van der Waals surface area contributed by atoms with Gasteiger partial charge >= 0.3 is 0 Å². The first kappa shape index (κ1) is 25.5. The van der Waals surface area contributed by atoms with Gasteiger partial charge in [-0.1, -0.05) is 42.5 Å². The van der Waals surface area contributed by atoms with Crippen molar-refractivity contribution in [3.8, 4) is 0 Å². The van der Waals surface area contributed by atoms with Crippen molar-refractivity contribution in [2.45, 2.75) is 43.2 Å². The summed E-state index contributed by atoms with van der Waals surface area (Å²) in [5.41, 5.74) is 1.02. The van der Waals surface area contributed by atoms with Gasteiger partial charge in [0.25, 0.3) is 11.8 Å². The minimum atomic E-state index is -1.56. The average Bonchev–Trinajstić information content (AvgIpc) is 3.17. The average molecular weight is 483 g/mol. The van der Waals surface area contributed by atoms with Crippen LogP contribution in [0.3, 0.4) is 0 Å². The van der Waals surface area contributed by atoms with E-state index >= 15 is 0 Å². The summed E-state index contributed by atoms with van der Waals surface area (Å²) in [5.74, 6) is -1.17. The van der Waals surface area contributed by atoms with Crippen LogP contribution >= 0.6 is 11.8 Å². The normalized spacial score (nSPS) is 18.6. The van der Waals surface area contributed by atoms with Crippen molar-refractivity contribution in [2.24, 2.45) is 0 Å². The molecule has 2 heterocycles. The zero-order valence-corrected chi connectivity index (χ0v) is 20.1. The molecular weight excluding hydrogens is 452 g/mol. The van der Waals surface area contributed by atoms with Crippen LogP contribution in [0.1, 0.15) is 29.9 Å². The summed E-state index contributed by atoms with van der Waals surface area (Å²) in [6.07, 6.45) is 1.73. The molecule has 3 rings (SSSR count). The monoisotopic (exact) mass is 482 g/mol. The molecule has 9 heteroatoms. The Bertz CT molecular complexity index is 1020. The van der Waals surface area contributed by atoms with Crippen LogP contribution in [0.15, 0.2) is 67.4 Å². The largest absolute Gasteiger partial charge is 0.381 e. The van der Waals surface area contributed by atoms with Crippen molar-refractivity contribution in [3.05, 3.63) is 78.6 Å². The highest BCUT2D eigenvalue weighted by molar-refractivity contribution is 8.00. The second-order valence-electron chi connectivity index (χ2n) is 8.55. The van der Waals surface area contributed by atoms with Gasteiger partial charge < -0.3 is 20.6 Å². The Morgan fingerprint density at radius 1 is 1.24 bits per heavy atom. The minimum absolute atomic E-state index is 0.180. The van der Waals surface area contributed by atoms with E-state index in [0.29, 0.717) is 0 Å². The standard InChI is InChI=1S/C25H30N4O4S/c1-4-13-27-23(32)21-25(2,3)34-16-29(21)24(33)20(30)19(15-17-10-6-5-7-11-17)28-22(31)18-12-8-9-14-26-18/h4-12,14,19-21,30H,1,13,15-16H2,2-3H3,(H,27,32)(H,28,31)/t19-,20-,21-/m0/s1. The predicted octanol–water partition coefficient (Wildman–Crippen LogP) is 1.77. The second kappa shape index (κ2) is 11.3. The molecule has 0 saturated carbocycles. The molecule has 3 amide bonds. The highest BCUT2D eigenvalue weighted by Crippen LogP contribution is 2.39. The minimum Gasteiger partial charge on any atom is -0.381 e. The number of hydrogen-bond donors (Lipinski definition) is 3. The molecule has 180 valence electrons. The Kier molecular flexibility index (Phi) is 8.46. The van der Waals surface area contributed by atoms with E-state index in [1.165, 1.54) is 22.9 Å². The predicted molar refractivity (Wildman–Crippen MR) is 132 cm³/mol. The number of hydrogen-bond acceptors (Lipinski definition) is 6. The first-order valence-electron chi connectivity index (χ1n) is 11.0. The summed E-state index contributed by atoms with van der Waals surface area (Å²) in [6.45, 7) is 7.66. The summed E-state index contributed by atoms with van der Waals surface area (Å²) >= 11 is 1.46. The second-order valence-corrected chi connectivity index (χ2v) is 10.1. The number of pyridine rings is 1. The first-order valence-corrected chi connectivity index (χ1v) is 12.0. The van der Waals surface area contributed by atoms with Crippen LogP contribution < -0.4 is 10.6 Å². The summed E-state index contributed by atoms with van der Waals surface area (Å²) in [7, 11) is 0. The maximum atomic E-state index is 13.5. The third kappa shape index (κ3) is 6.03. The van der Waals surface area contributed by atoms with E-state index in [-0.39, 0.29) is 30.4 Å². The van der Waals surface area contributed by atoms with Gasteiger partial charge in [0.2, 0.25) is 5.91 Å². The van der Waals surface area contributed by atoms with Crippen molar-refractivity contribution < 1.29 is 19.5 Å². The molecule has 1 aliphatic heterocycles. The topological polar surface area (TPSA) is 112 Å². The van der Waals surface area contributed by atoms with Crippen LogP contribution in [-0.4, -0.2) is 68.1 Å². The third-order valence-electron chi connectivity index (χ3n) is 5.64. The van der Waals surface area contributed by atoms with Gasteiger partial charge in [-0.2, -0.15) is 0 Å². The number of amides is 3. The lowest BCUT2D eigenvalue weighted by atomic mass is 9.97. The molecular formula is C25H30N4O4S. The van der Waals surface area contributed by atoms with E-state index in [1.54, 1.807) is 24.3 Å². The van der Waals surface area contributed by atoms with Gasteiger partial charge in [-0.3, -0.25) is 19.4 Å². The summed E-state index contributed by atoms with van der Waals surface area (Å²) in [4.78, 5) is 44.6. The fraction of sp³-hybridized carbons (Fsp3) is 0.360. The number of rotatable bonds is 9. The molecule has 3 atom stereocenters. The fourth-order valence-electron chi connectivity index (χ4n) is 3.87. The molecule has 1 aromatic carbocycles. The van der Waals surface area contributed by atoms with E-state index in [0.717, 1.165) is 5.56 Å². The number of thioether (sulfide) groups is 1. The smallest absolute Gasteiger partial charge is 0.270 e. The van der Waals surface area contributed by atoms with Gasteiger partial charge in [0, 0.05) is 17.5 Å². The maximum Gasteiger partial charge on any atom is 0.270 e. The quantitative estimate of drug-likeness (QED) is 0.470. The van der Waals surface area contributed by atoms with Crippen LogP contribution in [0.2, 0.25) is 0 Å².